The van der Waals surface area contributed by atoms with Crippen LogP contribution in [0.1, 0.15) is 9.67 Å². The summed E-state index contributed by atoms with van der Waals surface area (Å²) >= 11 is 19.6. The van der Waals surface area contributed by atoms with Crippen LogP contribution in [0.15, 0.2) is 42.5 Å². The van der Waals surface area contributed by atoms with Gasteiger partial charge in [0.1, 0.15) is 4.88 Å². The van der Waals surface area contributed by atoms with E-state index >= 15 is 0 Å². The molecule has 22 heavy (non-hydrogen) atoms. The Morgan fingerprint density at radius 3 is 2.50 bits per heavy atom. The average Bonchev–Trinajstić information content (AvgIpc) is 2.83. The summed E-state index contributed by atoms with van der Waals surface area (Å²) in [6.07, 6.45) is 0. The zero-order valence-corrected chi connectivity index (χ0v) is 14.1. The Labute approximate surface area is 145 Å². The summed E-state index contributed by atoms with van der Waals surface area (Å²) in [5.74, 6) is -0.331. The van der Waals surface area contributed by atoms with Gasteiger partial charge in [-0.1, -0.05) is 53.0 Å². The van der Waals surface area contributed by atoms with E-state index in [1.807, 2.05) is 30.3 Å². The number of thiophene rings is 1. The second-order valence-corrected chi connectivity index (χ2v) is 6.72. The van der Waals surface area contributed by atoms with Crippen LogP contribution >= 0.6 is 46.1 Å². The van der Waals surface area contributed by atoms with E-state index in [-0.39, 0.29) is 5.91 Å². The van der Waals surface area contributed by atoms with E-state index in [0.717, 1.165) is 10.4 Å². The van der Waals surface area contributed by atoms with Crippen LogP contribution in [0.4, 0.5) is 5.69 Å². The predicted octanol–water partition coefficient (Wildman–Crippen LogP) is 5.62. The number of benzene rings is 2. The van der Waals surface area contributed by atoms with E-state index in [9.17, 15) is 4.79 Å². The number of nitrogens with one attached hydrogen (secondary N) is 2. The molecule has 0 fully saturated rings. The van der Waals surface area contributed by atoms with Crippen LogP contribution in [0.5, 0.6) is 0 Å². The van der Waals surface area contributed by atoms with Gasteiger partial charge in [-0.15, -0.1) is 11.3 Å². The number of carbonyl (C=O) groups is 1. The van der Waals surface area contributed by atoms with Crippen LogP contribution in [0.3, 0.4) is 0 Å². The van der Waals surface area contributed by atoms with Gasteiger partial charge in [0.15, 0.2) is 0 Å². The quantitative estimate of drug-likeness (QED) is 0.587. The molecule has 0 atom stereocenters. The molecule has 7 heteroatoms. The van der Waals surface area contributed by atoms with Crippen molar-refractivity contribution in [1.29, 1.82) is 0 Å². The number of amides is 1. The number of para-hydroxylation sites is 1. The molecule has 0 aliphatic heterocycles. The summed E-state index contributed by atoms with van der Waals surface area (Å²) in [4.78, 5) is 12.7. The Kier molecular flexibility index (Phi) is 4.45. The van der Waals surface area contributed by atoms with Gasteiger partial charge in [-0.3, -0.25) is 15.6 Å². The molecule has 1 amide bonds. The first kappa shape index (κ1) is 15.4. The van der Waals surface area contributed by atoms with Crippen molar-refractivity contribution in [1.82, 2.24) is 5.43 Å². The first-order valence-corrected chi connectivity index (χ1v) is 8.20. The van der Waals surface area contributed by atoms with Gasteiger partial charge in [-0.05, 0) is 24.3 Å². The summed E-state index contributed by atoms with van der Waals surface area (Å²) in [5.41, 5.74) is 6.21. The van der Waals surface area contributed by atoms with Crippen molar-refractivity contribution in [3.05, 3.63) is 62.4 Å². The molecular formula is C15H9Cl3N2OS. The highest BCUT2D eigenvalue weighted by atomic mass is 35.5. The van der Waals surface area contributed by atoms with Crippen molar-refractivity contribution in [2.75, 3.05) is 5.43 Å². The highest BCUT2D eigenvalue weighted by Crippen LogP contribution is 2.41. The maximum absolute atomic E-state index is 12.3. The summed E-state index contributed by atoms with van der Waals surface area (Å²) in [6, 6.07) is 12.6. The number of hydrazine groups is 1. The van der Waals surface area contributed by atoms with E-state index < -0.39 is 0 Å². The number of carbonyl (C=O) groups excluding carboxylic acids is 1. The molecule has 2 aromatic carbocycles. The van der Waals surface area contributed by atoms with E-state index in [4.69, 9.17) is 34.8 Å². The zero-order chi connectivity index (χ0) is 15.7. The van der Waals surface area contributed by atoms with Gasteiger partial charge in [-0.25, -0.2) is 0 Å². The van der Waals surface area contributed by atoms with Crippen molar-refractivity contribution >= 4 is 67.8 Å². The minimum atomic E-state index is -0.331. The Morgan fingerprint density at radius 2 is 1.77 bits per heavy atom. The topological polar surface area (TPSA) is 41.1 Å². The maximum atomic E-state index is 12.3. The van der Waals surface area contributed by atoms with Gasteiger partial charge >= 0.3 is 0 Å². The molecule has 3 nitrogen and oxygen atoms in total. The summed E-state index contributed by atoms with van der Waals surface area (Å²) in [5, 5.41) is 1.90. The molecule has 112 valence electrons. The van der Waals surface area contributed by atoms with Crippen molar-refractivity contribution < 1.29 is 4.79 Å². The summed E-state index contributed by atoms with van der Waals surface area (Å²) in [7, 11) is 0. The van der Waals surface area contributed by atoms with Crippen LogP contribution < -0.4 is 10.9 Å². The maximum Gasteiger partial charge on any atom is 0.281 e. The van der Waals surface area contributed by atoms with Crippen LogP contribution in [0.25, 0.3) is 10.1 Å². The minimum Gasteiger partial charge on any atom is -0.298 e. The smallest absolute Gasteiger partial charge is 0.281 e. The zero-order valence-electron chi connectivity index (χ0n) is 11.0. The number of halogens is 3. The number of anilines is 1. The molecule has 0 saturated carbocycles. The third-order valence-corrected chi connectivity index (χ3v) is 5.09. The monoisotopic (exact) mass is 370 g/mol. The van der Waals surface area contributed by atoms with E-state index in [1.165, 1.54) is 11.3 Å². The van der Waals surface area contributed by atoms with Crippen molar-refractivity contribution in [3.8, 4) is 0 Å². The van der Waals surface area contributed by atoms with Crippen LogP contribution in [-0.4, -0.2) is 5.91 Å². The lowest BCUT2D eigenvalue weighted by Gasteiger charge is -2.07. The molecule has 0 radical (unpaired) electrons. The van der Waals surface area contributed by atoms with Crippen LogP contribution in [0, 0.1) is 0 Å². The lowest BCUT2D eigenvalue weighted by atomic mass is 10.2. The number of rotatable bonds is 3. The number of hydrogen-bond acceptors (Lipinski definition) is 3. The van der Waals surface area contributed by atoms with E-state index in [2.05, 4.69) is 10.9 Å². The van der Waals surface area contributed by atoms with E-state index in [1.54, 1.807) is 12.1 Å². The molecule has 0 spiro atoms. The molecule has 1 aromatic heterocycles. The second kappa shape index (κ2) is 6.34. The number of hydrogen-bond donors (Lipinski definition) is 2. The molecule has 0 aliphatic rings. The Balaban J connectivity index is 1.88. The molecule has 3 aromatic rings. The molecule has 0 aliphatic carbocycles. The molecule has 2 N–H and O–H groups in total. The SMILES string of the molecule is O=C(NNc1ccccc1)c1sc2cc(Cl)cc(Cl)c2c1Cl. The minimum absolute atomic E-state index is 0.328. The highest BCUT2D eigenvalue weighted by Gasteiger charge is 2.19. The molecular weight excluding hydrogens is 363 g/mol. The normalized spacial score (nSPS) is 10.7. The fourth-order valence-corrected chi connectivity index (χ4v) is 4.24. The lowest BCUT2D eigenvalue weighted by Crippen LogP contribution is -2.28. The van der Waals surface area contributed by atoms with Crippen molar-refractivity contribution in [2.45, 2.75) is 0 Å². The highest BCUT2D eigenvalue weighted by molar-refractivity contribution is 7.21. The standard InChI is InChI=1S/C15H9Cl3N2OS/c16-8-6-10(17)12-11(7-8)22-14(13(12)18)15(21)20-19-9-4-2-1-3-5-9/h1-7,19H,(H,20,21). The van der Waals surface area contributed by atoms with Gasteiger partial charge in [0, 0.05) is 15.1 Å². The van der Waals surface area contributed by atoms with Gasteiger partial charge in [0.2, 0.25) is 0 Å². The second-order valence-electron chi connectivity index (χ2n) is 4.45. The lowest BCUT2D eigenvalue weighted by molar-refractivity contribution is 0.0967. The Morgan fingerprint density at radius 1 is 1.05 bits per heavy atom. The van der Waals surface area contributed by atoms with Crippen LogP contribution in [0.2, 0.25) is 15.1 Å². The van der Waals surface area contributed by atoms with Gasteiger partial charge in [0.05, 0.1) is 15.7 Å². The molecule has 0 unspecified atom stereocenters. The third-order valence-electron chi connectivity index (χ3n) is 2.95. The largest absolute Gasteiger partial charge is 0.298 e. The third kappa shape index (κ3) is 3.01. The van der Waals surface area contributed by atoms with Crippen molar-refractivity contribution in [3.63, 3.8) is 0 Å². The van der Waals surface area contributed by atoms with Gasteiger partial charge in [-0.2, -0.15) is 0 Å². The van der Waals surface area contributed by atoms with Crippen molar-refractivity contribution in [2.24, 2.45) is 0 Å². The molecule has 0 bridgehead atoms. The fraction of sp³-hybridized carbons (Fsp3) is 0. The molecule has 3 rings (SSSR count). The predicted molar refractivity (Wildman–Crippen MR) is 94.4 cm³/mol. The first-order chi connectivity index (χ1) is 10.6. The van der Waals surface area contributed by atoms with Gasteiger partial charge < -0.3 is 0 Å². The number of fused-ring (bicyclic) bond motifs is 1. The van der Waals surface area contributed by atoms with Crippen LogP contribution in [-0.2, 0) is 0 Å². The summed E-state index contributed by atoms with van der Waals surface area (Å²) < 4.78 is 0.771. The molecule has 1 heterocycles. The first-order valence-electron chi connectivity index (χ1n) is 6.24. The van der Waals surface area contributed by atoms with E-state index in [0.29, 0.717) is 25.3 Å². The Hall–Kier alpha value is -1.46. The summed E-state index contributed by atoms with van der Waals surface area (Å²) in [6.45, 7) is 0. The molecule has 0 saturated heterocycles. The Bertz CT molecular complexity index is 849. The van der Waals surface area contributed by atoms with Gasteiger partial charge in [0.25, 0.3) is 5.91 Å². The fourth-order valence-electron chi connectivity index (χ4n) is 1.96. The average molecular weight is 372 g/mol.